The molecule has 0 saturated carbocycles. The zero-order valence-corrected chi connectivity index (χ0v) is 36.4. The molecule has 1 N–H and O–H groups in total. The predicted octanol–water partition coefficient (Wildman–Crippen LogP) is 15.1. The van der Waals surface area contributed by atoms with Crippen molar-refractivity contribution >= 4 is 11.9 Å². The first-order valence-corrected chi connectivity index (χ1v) is 23.1. The first kappa shape index (κ1) is 53.1. The van der Waals surface area contributed by atoms with Crippen LogP contribution in [0.5, 0.6) is 0 Å². The van der Waals surface area contributed by atoms with Crippen LogP contribution in [0.3, 0.4) is 0 Å². The highest BCUT2D eigenvalue weighted by Gasteiger charge is 2.16. The molecule has 320 valence electrons. The second-order valence-corrected chi connectivity index (χ2v) is 15.1. The Bertz CT molecular complexity index is 1060. The summed E-state index contributed by atoms with van der Waals surface area (Å²) in [5, 5.41) is 9.60. The van der Waals surface area contributed by atoms with E-state index >= 15 is 0 Å². The maximum Gasteiger partial charge on any atom is 0.306 e. The second-order valence-electron chi connectivity index (χ2n) is 15.1. The van der Waals surface area contributed by atoms with Crippen molar-refractivity contribution in [3.05, 3.63) is 85.1 Å². The average Bonchev–Trinajstić information content (AvgIpc) is 3.20. The molecule has 5 heteroatoms. The zero-order valence-electron chi connectivity index (χ0n) is 36.4. The van der Waals surface area contributed by atoms with Gasteiger partial charge in [0.15, 0.2) is 6.10 Å². The highest BCUT2D eigenvalue weighted by Crippen LogP contribution is 2.13. The topological polar surface area (TPSA) is 72.8 Å². The van der Waals surface area contributed by atoms with E-state index in [0.29, 0.717) is 12.8 Å². The quantitative estimate of drug-likeness (QED) is 0.0380. The fourth-order valence-corrected chi connectivity index (χ4v) is 6.20. The largest absolute Gasteiger partial charge is 0.462 e. The van der Waals surface area contributed by atoms with Crippen LogP contribution in [0.1, 0.15) is 206 Å². The Kier molecular flexibility index (Phi) is 44.0. The van der Waals surface area contributed by atoms with Crippen LogP contribution in [-0.4, -0.2) is 36.4 Å². The standard InChI is InChI=1S/C51H86O5/c1-3-5-7-9-11-13-15-17-19-21-23-24-25-26-28-30-32-34-36-38-40-42-44-46-51(54)56-49(47-52)48-55-50(53)45-43-41-39-37-35-33-31-29-27-22-20-18-16-14-12-10-8-6-4-2/h5,7,11,13,17-20,23-24,26,28,32,34,49,52H,3-4,6,8-10,12,14-16,21-22,25,27,29-31,33,35-48H2,1-2H3/b7-5-,13-11-,19-17-,20-18-,24-23-,28-26-,34-32-. The number of hydrogen-bond donors (Lipinski definition) is 1. The van der Waals surface area contributed by atoms with Crippen molar-refractivity contribution in [3.63, 3.8) is 0 Å². The zero-order chi connectivity index (χ0) is 40.7. The molecular weight excluding hydrogens is 693 g/mol. The number of rotatable bonds is 41. The van der Waals surface area contributed by atoms with Crippen molar-refractivity contribution in [1.29, 1.82) is 0 Å². The Hall–Kier alpha value is -2.92. The highest BCUT2D eigenvalue weighted by atomic mass is 16.6. The van der Waals surface area contributed by atoms with Crippen molar-refractivity contribution in [2.45, 2.75) is 213 Å². The predicted molar refractivity (Wildman–Crippen MR) is 242 cm³/mol. The van der Waals surface area contributed by atoms with E-state index in [-0.39, 0.29) is 25.2 Å². The Balaban J connectivity index is 3.62. The molecule has 5 nitrogen and oxygen atoms in total. The van der Waals surface area contributed by atoms with Gasteiger partial charge >= 0.3 is 11.9 Å². The molecule has 56 heavy (non-hydrogen) atoms. The van der Waals surface area contributed by atoms with Crippen molar-refractivity contribution in [1.82, 2.24) is 0 Å². The van der Waals surface area contributed by atoms with Crippen molar-refractivity contribution < 1.29 is 24.2 Å². The van der Waals surface area contributed by atoms with Gasteiger partial charge in [0.2, 0.25) is 0 Å². The summed E-state index contributed by atoms with van der Waals surface area (Å²) in [4.78, 5) is 24.4. The minimum atomic E-state index is -0.791. The lowest BCUT2D eigenvalue weighted by molar-refractivity contribution is -0.161. The number of aliphatic hydroxyl groups excluding tert-OH is 1. The van der Waals surface area contributed by atoms with E-state index in [1.165, 1.54) is 89.9 Å². The Morgan fingerprint density at radius 1 is 0.429 bits per heavy atom. The van der Waals surface area contributed by atoms with Gasteiger partial charge in [0, 0.05) is 12.8 Å². The lowest BCUT2D eigenvalue weighted by atomic mass is 10.1. The summed E-state index contributed by atoms with van der Waals surface area (Å²) in [6, 6.07) is 0. The first-order valence-electron chi connectivity index (χ1n) is 23.1. The molecule has 0 aliphatic rings. The molecule has 0 aromatic rings. The number of carbonyl (C=O) groups excluding carboxylic acids is 2. The van der Waals surface area contributed by atoms with Gasteiger partial charge in [-0.2, -0.15) is 0 Å². The van der Waals surface area contributed by atoms with E-state index in [1.807, 2.05) is 0 Å². The van der Waals surface area contributed by atoms with Crippen molar-refractivity contribution in [2.75, 3.05) is 13.2 Å². The molecule has 0 aliphatic carbocycles. The molecule has 0 amide bonds. The first-order chi connectivity index (χ1) is 27.6. The Morgan fingerprint density at radius 3 is 1.18 bits per heavy atom. The van der Waals surface area contributed by atoms with Crippen LogP contribution in [0, 0.1) is 0 Å². The summed E-state index contributed by atoms with van der Waals surface area (Å²) in [6.07, 6.45) is 63.7. The number of hydrogen-bond acceptors (Lipinski definition) is 5. The number of esters is 2. The van der Waals surface area contributed by atoms with Gasteiger partial charge in [0.25, 0.3) is 0 Å². The van der Waals surface area contributed by atoms with E-state index in [9.17, 15) is 14.7 Å². The van der Waals surface area contributed by atoms with Gasteiger partial charge in [-0.05, 0) is 89.9 Å². The molecule has 0 rings (SSSR count). The van der Waals surface area contributed by atoms with E-state index < -0.39 is 6.10 Å². The molecule has 0 saturated heterocycles. The van der Waals surface area contributed by atoms with E-state index in [4.69, 9.17) is 9.47 Å². The summed E-state index contributed by atoms with van der Waals surface area (Å²) < 4.78 is 10.6. The molecule has 0 aromatic heterocycles. The molecule has 0 bridgehead atoms. The molecule has 0 spiro atoms. The van der Waals surface area contributed by atoms with Gasteiger partial charge in [-0.1, -0.05) is 189 Å². The van der Waals surface area contributed by atoms with Crippen LogP contribution in [0.2, 0.25) is 0 Å². The number of ether oxygens (including phenoxy) is 2. The van der Waals surface area contributed by atoms with Crippen LogP contribution in [-0.2, 0) is 19.1 Å². The molecular formula is C51H86O5. The minimum absolute atomic E-state index is 0.0814. The van der Waals surface area contributed by atoms with Gasteiger partial charge in [-0.3, -0.25) is 9.59 Å². The monoisotopic (exact) mass is 779 g/mol. The van der Waals surface area contributed by atoms with Gasteiger partial charge in [-0.25, -0.2) is 0 Å². The molecule has 0 heterocycles. The second kappa shape index (κ2) is 46.5. The van der Waals surface area contributed by atoms with E-state index in [1.54, 1.807) is 0 Å². The average molecular weight is 779 g/mol. The Labute approximate surface area is 346 Å². The van der Waals surface area contributed by atoms with Gasteiger partial charge < -0.3 is 14.6 Å². The van der Waals surface area contributed by atoms with Gasteiger partial charge in [-0.15, -0.1) is 0 Å². The van der Waals surface area contributed by atoms with E-state index in [2.05, 4.69) is 98.9 Å². The van der Waals surface area contributed by atoms with Gasteiger partial charge in [0.1, 0.15) is 6.61 Å². The third kappa shape index (κ3) is 43.8. The molecule has 1 atom stereocenters. The number of allylic oxidation sites excluding steroid dienone is 14. The van der Waals surface area contributed by atoms with Crippen molar-refractivity contribution in [3.8, 4) is 0 Å². The highest BCUT2D eigenvalue weighted by molar-refractivity contribution is 5.70. The lowest BCUT2D eigenvalue weighted by Crippen LogP contribution is -2.28. The Morgan fingerprint density at radius 2 is 0.768 bits per heavy atom. The summed E-state index contributed by atoms with van der Waals surface area (Å²) in [7, 11) is 0. The van der Waals surface area contributed by atoms with Crippen LogP contribution in [0.25, 0.3) is 0 Å². The summed E-state index contributed by atoms with van der Waals surface area (Å²) >= 11 is 0. The number of unbranched alkanes of at least 4 members (excludes halogenated alkanes) is 19. The fraction of sp³-hybridized carbons (Fsp3) is 0.686. The van der Waals surface area contributed by atoms with Crippen LogP contribution < -0.4 is 0 Å². The summed E-state index contributed by atoms with van der Waals surface area (Å²) in [6.45, 7) is 4.00. The molecule has 0 fully saturated rings. The normalized spacial score (nSPS) is 13.0. The molecule has 0 aromatic carbocycles. The van der Waals surface area contributed by atoms with E-state index in [0.717, 1.165) is 89.9 Å². The smallest absolute Gasteiger partial charge is 0.306 e. The SMILES string of the molecule is CC/C=C\C/C=C\C/C=C\C/C=C\C/C=C\C/C=C\CCCCCCC(=O)OC(CO)COC(=O)CCCCCCCCCCC/C=C\CCCCCCCC. The third-order valence-corrected chi connectivity index (χ3v) is 9.67. The third-order valence-electron chi connectivity index (χ3n) is 9.67. The molecule has 1 unspecified atom stereocenters. The summed E-state index contributed by atoms with van der Waals surface area (Å²) in [5.41, 5.74) is 0. The maximum atomic E-state index is 12.2. The maximum absolute atomic E-state index is 12.2. The fourth-order valence-electron chi connectivity index (χ4n) is 6.20. The van der Waals surface area contributed by atoms with Gasteiger partial charge in [0.05, 0.1) is 6.61 Å². The van der Waals surface area contributed by atoms with Crippen LogP contribution in [0.15, 0.2) is 85.1 Å². The molecule has 0 radical (unpaired) electrons. The number of carbonyl (C=O) groups is 2. The number of aliphatic hydroxyl groups is 1. The van der Waals surface area contributed by atoms with Crippen molar-refractivity contribution in [2.24, 2.45) is 0 Å². The minimum Gasteiger partial charge on any atom is -0.462 e. The summed E-state index contributed by atoms with van der Waals surface area (Å²) in [5.74, 6) is -0.625. The molecule has 0 aliphatic heterocycles. The van der Waals surface area contributed by atoms with Crippen LogP contribution in [0.4, 0.5) is 0 Å². The lowest BCUT2D eigenvalue weighted by Gasteiger charge is -2.15. The van der Waals surface area contributed by atoms with Crippen LogP contribution >= 0.6 is 0 Å².